The Kier molecular flexibility index (Phi) is 5.52. The zero-order chi connectivity index (χ0) is 19.4. The van der Waals surface area contributed by atoms with Crippen molar-refractivity contribution in [2.75, 3.05) is 13.2 Å². The van der Waals surface area contributed by atoms with Crippen molar-refractivity contribution < 1.29 is 29.3 Å². The predicted octanol–water partition coefficient (Wildman–Crippen LogP) is 1.86. The first-order valence-corrected chi connectivity index (χ1v) is 8.49. The second-order valence-corrected chi connectivity index (χ2v) is 6.28. The fourth-order valence-electron chi connectivity index (χ4n) is 3.29. The third-order valence-electron chi connectivity index (χ3n) is 4.54. The van der Waals surface area contributed by atoms with Crippen LogP contribution < -0.4 is 5.32 Å². The van der Waals surface area contributed by atoms with Crippen molar-refractivity contribution in [3.8, 4) is 11.1 Å². The van der Waals surface area contributed by atoms with E-state index in [-0.39, 0.29) is 19.1 Å². The number of nitrogens with one attached hydrogen (secondary N) is 1. The maximum atomic E-state index is 12.0. The van der Waals surface area contributed by atoms with E-state index < -0.39 is 30.4 Å². The lowest BCUT2D eigenvalue weighted by molar-refractivity contribution is -0.147. The molecule has 0 spiro atoms. The molecule has 1 aliphatic carbocycles. The van der Waals surface area contributed by atoms with Gasteiger partial charge in [-0.25, -0.2) is 0 Å². The topological polar surface area (TPSA) is 113 Å². The zero-order valence-electron chi connectivity index (χ0n) is 14.4. The van der Waals surface area contributed by atoms with Gasteiger partial charge in [0.15, 0.2) is 0 Å². The molecule has 0 heterocycles. The van der Waals surface area contributed by atoms with Crippen molar-refractivity contribution in [1.82, 2.24) is 5.32 Å². The molecule has 27 heavy (non-hydrogen) atoms. The van der Waals surface area contributed by atoms with E-state index in [2.05, 4.69) is 5.32 Å². The van der Waals surface area contributed by atoms with Gasteiger partial charge in [0.25, 0.3) is 0 Å². The van der Waals surface area contributed by atoms with Gasteiger partial charge in [0.1, 0.15) is 12.6 Å². The molecule has 0 amide bonds. The van der Waals surface area contributed by atoms with Crippen LogP contribution in [0.5, 0.6) is 0 Å². The lowest BCUT2D eigenvalue weighted by Gasteiger charge is -2.15. The Bertz CT molecular complexity index is 833. The van der Waals surface area contributed by atoms with Gasteiger partial charge in [-0.15, -0.1) is 0 Å². The number of rotatable bonds is 8. The highest BCUT2D eigenvalue weighted by molar-refractivity contribution is 5.82. The number of carboxylic acid groups (broad SMARTS) is 2. The summed E-state index contributed by atoms with van der Waals surface area (Å²) in [6.07, 6.45) is -0.619. The molecule has 140 valence electrons. The van der Waals surface area contributed by atoms with Gasteiger partial charge in [0, 0.05) is 5.92 Å². The van der Waals surface area contributed by atoms with Crippen LogP contribution in [0, 0.1) is 0 Å². The van der Waals surface area contributed by atoms with Crippen LogP contribution in [0.1, 0.15) is 23.5 Å². The molecule has 0 saturated heterocycles. The van der Waals surface area contributed by atoms with Crippen LogP contribution in [0.25, 0.3) is 11.1 Å². The van der Waals surface area contributed by atoms with Crippen LogP contribution in [0.15, 0.2) is 48.5 Å². The SMILES string of the molecule is O=C(O)CC(NCC(=O)OCC1c2ccccc2-c2ccccc21)C(=O)O. The summed E-state index contributed by atoms with van der Waals surface area (Å²) in [5, 5.41) is 20.1. The number of hydrogen-bond donors (Lipinski definition) is 3. The molecule has 3 N–H and O–H groups in total. The van der Waals surface area contributed by atoms with E-state index in [1.807, 2.05) is 48.5 Å². The maximum absolute atomic E-state index is 12.0. The van der Waals surface area contributed by atoms with Crippen molar-refractivity contribution in [3.63, 3.8) is 0 Å². The highest BCUT2D eigenvalue weighted by Gasteiger charge is 2.29. The molecule has 0 radical (unpaired) electrons. The van der Waals surface area contributed by atoms with E-state index >= 15 is 0 Å². The van der Waals surface area contributed by atoms with Crippen molar-refractivity contribution in [1.29, 1.82) is 0 Å². The van der Waals surface area contributed by atoms with Crippen molar-refractivity contribution in [2.45, 2.75) is 18.4 Å². The van der Waals surface area contributed by atoms with Gasteiger partial charge in [0.2, 0.25) is 0 Å². The van der Waals surface area contributed by atoms with Gasteiger partial charge in [-0.1, -0.05) is 48.5 Å². The first kappa shape index (κ1) is 18.6. The number of hydrogen-bond acceptors (Lipinski definition) is 5. The summed E-state index contributed by atoms with van der Waals surface area (Å²) in [6, 6.07) is 14.5. The summed E-state index contributed by atoms with van der Waals surface area (Å²) in [4.78, 5) is 33.7. The van der Waals surface area contributed by atoms with Crippen LogP contribution in [0.2, 0.25) is 0 Å². The van der Waals surface area contributed by atoms with Crippen LogP contribution in [0.3, 0.4) is 0 Å². The smallest absolute Gasteiger partial charge is 0.321 e. The Hall–Kier alpha value is -3.19. The summed E-state index contributed by atoms with van der Waals surface area (Å²) in [7, 11) is 0. The van der Waals surface area contributed by atoms with E-state index in [1.165, 1.54) is 0 Å². The van der Waals surface area contributed by atoms with E-state index in [9.17, 15) is 14.4 Å². The van der Waals surface area contributed by atoms with Crippen molar-refractivity contribution in [3.05, 3.63) is 59.7 Å². The first-order chi connectivity index (χ1) is 13.0. The van der Waals surface area contributed by atoms with Gasteiger partial charge < -0.3 is 14.9 Å². The van der Waals surface area contributed by atoms with Crippen LogP contribution in [0.4, 0.5) is 0 Å². The maximum Gasteiger partial charge on any atom is 0.321 e. The van der Waals surface area contributed by atoms with E-state index in [0.29, 0.717) is 0 Å². The van der Waals surface area contributed by atoms with E-state index in [4.69, 9.17) is 14.9 Å². The molecule has 0 fully saturated rings. The van der Waals surface area contributed by atoms with Crippen LogP contribution in [-0.4, -0.2) is 47.3 Å². The Morgan fingerprint density at radius 2 is 1.52 bits per heavy atom. The Labute approximate surface area is 155 Å². The Morgan fingerprint density at radius 3 is 2.04 bits per heavy atom. The van der Waals surface area contributed by atoms with Crippen molar-refractivity contribution >= 4 is 17.9 Å². The van der Waals surface area contributed by atoms with Gasteiger partial charge >= 0.3 is 17.9 Å². The van der Waals surface area contributed by atoms with E-state index in [0.717, 1.165) is 22.3 Å². The number of fused-ring (bicyclic) bond motifs is 3. The largest absolute Gasteiger partial charge is 0.481 e. The first-order valence-electron chi connectivity index (χ1n) is 8.49. The van der Waals surface area contributed by atoms with Crippen molar-refractivity contribution in [2.24, 2.45) is 0 Å². The molecule has 1 atom stereocenters. The minimum atomic E-state index is -1.34. The zero-order valence-corrected chi connectivity index (χ0v) is 14.4. The lowest BCUT2D eigenvalue weighted by atomic mass is 9.98. The average molecular weight is 369 g/mol. The monoisotopic (exact) mass is 369 g/mol. The molecule has 1 unspecified atom stereocenters. The second kappa shape index (κ2) is 8.01. The molecular weight excluding hydrogens is 350 g/mol. The number of esters is 1. The summed E-state index contributed by atoms with van der Waals surface area (Å²) in [5.41, 5.74) is 4.38. The molecule has 7 heteroatoms. The minimum absolute atomic E-state index is 0.0874. The third kappa shape index (κ3) is 4.15. The number of carbonyl (C=O) groups excluding carboxylic acids is 1. The molecule has 0 saturated carbocycles. The fraction of sp³-hybridized carbons (Fsp3) is 0.250. The highest BCUT2D eigenvalue weighted by Crippen LogP contribution is 2.44. The quantitative estimate of drug-likeness (QED) is 0.609. The molecule has 0 bridgehead atoms. The molecule has 7 nitrogen and oxygen atoms in total. The summed E-state index contributed by atoms with van der Waals surface area (Å²) >= 11 is 0. The molecule has 0 aromatic heterocycles. The van der Waals surface area contributed by atoms with Gasteiger partial charge in [-0.05, 0) is 22.3 Å². The summed E-state index contributed by atoms with van der Waals surface area (Å²) in [6.45, 7) is -0.245. The Balaban J connectivity index is 1.62. The Morgan fingerprint density at radius 1 is 0.963 bits per heavy atom. The van der Waals surface area contributed by atoms with Gasteiger partial charge in [0.05, 0.1) is 13.0 Å². The molecular formula is C20H19NO6. The van der Waals surface area contributed by atoms with Gasteiger partial charge in [-0.2, -0.15) is 0 Å². The molecule has 0 aliphatic heterocycles. The van der Waals surface area contributed by atoms with E-state index in [1.54, 1.807) is 0 Å². The highest BCUT2D eigenvalue weighted by atomic mass is 16.5. The minimum Gasteiger partial charge on any atom is -0.481 e. The lowest BCUT2D eigenvalue weighted by Crippen LogP contribution is -2.41. The standard InChI is InChI=1S/C20H19NO6/c22-18(23)9-17(20(25)26)21-10-19(24)27-11-16-14-7-3-1-5-12(14)13-6-2-4-8-15(13)16/h1-8,16-17,21H,9-11H2,(H,22,23)(H,25,26). The predicted molar refractivity (Wildman–Crippen MR) is 96.4 cm³/mol. The number of ether oxygens (including phenoxy) is 1. The fourth-order valence-corrected chi connectivity index (χ4v) is 3.29. The third-order valence-corrected chi connectivity index (χ3v) is 4.54. The molecule has 2 aromatic rings. The van der Waals surface area contributed by atoms with Crippen LogP contribution >= 0.6 is 0 Å². The second-order valence-electron chi connectivity index (χ2n) is 6.28. The molecule has 1 aliphatic rings. The number of benzene rings is 2. The molecule has 2 aromatic carbocycles. The number of carboxylic acids is 2. The number of carbonyl (C=O) groups is 3. The van der Waals surface area contributed by atoms with Gasteiger partial charge in [-0.3, -0.25) is 19.7 Å². The summed E-state index contributed by atoms with van der Waals surface area (Å²) in [5.74, 6) is -3.31. The molecule has 3 rings (SSSR count). The summed E-state index contributed by atoms with van der Waals surface area (Å²) < 4.78 is 5.33. The normalized spacial score (nSPS) is 13.5. The van der Waals surface area contributed by atoms with Crippen LogP contribution in [-0.2, 0) is 19.1 Å². The number of aliphatic carboxylic acids is 2. The average Bonchev–Trinajstić information content (AvgIpc) is 2.97.